The zero-order valence-corrected chi connectivity index (χ0v) is 15.8. The molecule has 5 rings (SSSR count). The molecule has 0 spiro atoms. The Hall–Kier alpha value is -1.98. The predicted molar refractivity (Wildman–Crippen MR) is 105 cm³/mol. The zero-order chi connectivity index (χ0) is 17.3. The summed E-state index contributed by atoms with van der Waals surface area (Å²) >= 11 is 1.86. The largest absolute Gasteiger partial charge is 0.311 e. The molecular weight excluding hydrogens is 340 g/mol. The molecule has 0 saturated carbocycles. The topological polar surface area (TPSA) is 34.0 Å². The van der Waals surface area contributed by atoms with Gasteiger partial charge in [-0.1, -0.05) is 30.3 Å². The van der Waals surface area contributed by atoms with Crippen molar-refractivity contribution in [1.29, 1.82) is 0 Å². The number of hydrogen-bond donors (Lipinski definition) is 0. The number of aryl methyl sites for hydroxylation is 1. The summed E-state index contributed by atoms with van der Waals surface area (Å²) in [7, 11) is 0. The van der Waals surface area contributed by atoms with Gasteiger partial charge in [0.15, 0.2) is 5.82 Å². The van der Waals surface area contributed by atoms with Gasteiger partial charge in [0.05, 0.1) is 0 Å². The Bertz CT molecular complexity index is 875. The molecule has 0 N–H and O–H groups in total. The summed E-state index contributed by atoms with van der Waals surface area (Å²) in [6, 6.07) is 13.0. The van der Waals surface area contributed by atoms with Crippen molar-refractivity contribution in [1.82, 2.24) is 19.7 Å². The van der Waals surface area contributed by atoms with Gasteiger partial charge in [-0.2, -0.15) is 0 Å². The van der Waals surface area contributed by atoms with E-state index in [1.807, 2.05) is 11.3 Å². The number of nitrogens with zero attached hydrogens (tertiary/aromatic N) is 4. The Kier molecular flexibility index (Phi) is 4.35. The Balaban J connectivity index is 1.31. The van der Waals surface area contributed by atoms with Crippen LogP contribution in [0.5, 0.6) is 0 Å². The molecule has 2 aliphatic rings. The van der Waals surface area contributed by atoms with E-state index in [2.05, 4.69) is 61.4 Å². The van der Waals surface area contributed by atoms with E-state index in [9.17, 15) is 0 Å². The molecule has 2 aromatic heterocycles. The van der Waals surface area contributed by atoms with Crippen LogP contribution >= 0.6 is 11.3 Å². The van der Waals surface area contributed by atoms with E-state index in [1.54, 1.807) is 0 Å². The van der Waals surface area contributed by atoms with E-state index in [0.29, 0.717) is 5.92 Å². The third-order valence-electron chi connectivity index (χ3n) is 5.75. The number of hydrogen-bond acceptors (Lipinski definition) is 4. The lowest BCUT2D eigenvalue weighted by molar-refractivity contribution is 0.200. The van der Waals surface area contributed by atoms with Crippen LogP contribution in [0.4, 0.5) is 0 Å². The van der Waals surface area contributed by atoms with Crippen LogP contribution in [0.3, 0.4) is 0 Å². The maximum Gasteiger partial charge on any atom is 0.165 e. The van der Waals surface area contributed by atoms with Gasteiger partial charge in [-0.3, -0.25) is 4.90 Å². The fourth-order valence-corrected chi connectivity index (χ4v) is 5.28. The molecule has 26 heavy (non-hydrogen) atoms. The lowest BCUT2D eigenvalue weighted by atomic mass is 9.95. The van der Waals surface area contributed by atoms with Gasteiger partial charge < -0.3 is 4.57 Å². The SMILES string of the molecule is c1ccc(CN2CCC(c3nnc4n3CCCc3sccc3-4)CC2)cc1. The van der Waals surface area contributed by atoms with Crippen molar-refractivity contribution in [2.24, 2.45) is 0 Å². The molecular formula is C21H24N4S. The lowest BCUT2D eigenvalue weighted by Gasteiger charge is -2.31. The molecule has 0 radical (unpaired) electrons. The van der Waals surface area contributed by atoms with Gasteiger partial charge in [-0.05, 0) is 55.8 Å². The highest BCUT2D eigenvalue weighted by molar-refractivity contribution is 7.10. The lowest BCUT2D eigenvalue weighted by Crippen LogP contribution is -2.33. The first kappa shape index (κ1) is 16.2. The second-order valence-electron chi connectivity index (χ2n) is 7.43. The normalized spacial score (nSPS) is 18.3. The van der Waals surface area contributed by atoms with Crippen molar-refractivity contribution in [3.05, 3.63) is 58.0 Å². The first-order chi connectivity index (χ1) is 12.9. The van der Waals surface area contributed by atoms with Crippen molar-refractivity contribution >= 4 is 11.3 Å². The summed E-state index contributed by atoms with van der Waals surface area (Å²) < 4.78 is 2.41. The standard InChI is InChI=1S/C21H24N4S/c1-2-5-16(6-3-1)15-24-12-8-17(9-13-24)20-22-23-21-18-10-14-26-19(18)7-4-11-25(20)21/h1-3,5-6,10,14,17H,4,7-9,11-13,15H2. The quantitative estimate of drug-likeness (QED) is 0.693. The molecule has 134 valence electrons. The maximum atomic E-state index is 4.65. The molecule has 0 aliphatic carbocycles. The Labute approximate surface area is 158 Å². The zero-order valence-electron chi connectivity index (χ0n) is 15.0. The summed E-state index contributed by atoms with van der Waals surface area (Å²) in [6.07, 6.45) is 4.73. The van der Waals surface area contributed by atoms with Gasteiger partial charge in [-0.15, -0.1) is 21.5 Å². The van der Waals surface area contributed by atoms with Crippen LogP contribution < -0.4 is 0 Å². The Morgan fingerprint density at radius 2 is 1.85 bits per heavy atom. The third kappa shape index (κ3) is 2.99. The van der Waals surface area contributed by atoms with E-state index in [0.717, 1.165) is 32.0 Å². The fraction of sp³-hybridized carbons (Fsp3) is 0.429. The average Bonchev–Trinajstić information content (AvgIpc) is 3.27. The van der Waals surface area contributed by atoms with Gasteiger partial charge in [0, 0.05) is 29.4 Å². The molecule has 3 aromatic rings. The second kappa shape index (κ2) is 6.97. The van der Waals surface area contributed by atoms with E-state index >= 15 is 0 Å². The highest BCUT2D eigenvalue weighted by Crippen LogP contribution is 2.35. The molecule has 0 bridgehead atoms. The minimum Gasteiger partial charge on any atom is -0.311 e. The van der Waals surface area contributed by atoms with Gasteiger partial charge in [0.25, 0.3) is 0 Å². The van der Waals surface area contributed by atoms with Gasteiger partial charge in [0.1, 0.15) is 5.82 Å². The monoisotopic (exact) mass is 364 g/mol. The van der Waals surface area contributed by atoms with Crippen LogP contribution in [0, 0.1) is 0 Å². The van der Waals surface area contributed by atoms with Crippen molar-refractivity contribution < 1.29 is 0 Å². The van der Waals surface area contributed by atoms with Gasteiger partial charge in [-0.25, -0.2) is 0 Å². The molecule has 4 nitrogen and oxygen atoms in total. The molecule has 0 amide bonds. The maximum absolute atomic E-state index is 4.65. The highest BCUT2D eigenvalue weighted by atomic mass is 32.1. The summed E-state index contributed by atoms with van der Waals surface area (Å²) in [5.74, 6) is 2.86. The van der Waals surface area contributed by atoms with Crippen LogP contribution in [0.1, 0.15) is 41.4 Å². The first-order valence-electron chi connectivity index (χ1n) is 9.64. The molecule has 1 aromatic carbocycles. The number of thiophene rings is 1. The fourth-order valence-electron chi connectivity index (χ4n) is 4.36. The van der Waals surface area contributed by atoms with Gasteiger partial charge in [0.2, 0.25) is 0 Å². The number of likely N-dealkylation sites (tertiary alicyclic amines) is 1. The van der Waals surface area contributed by atoms with Gasteiger partial charge >= 0.3 is 0 Å². The molecule has 0 atom stereocenters. The van der Waals surface area contributed by atoms with Crippen LogP contribution in [-0.4, -0.2) is 32.8 Å². The van der Waals surface area contributed by atoms with E-state index in [1.165, 1.54) is 47.5 Å². The van der Waals surface area contributed by atoms with Crippen molar-refractivity contribution in [3.8, 4) is 11.4 Å². The smallest absolute Gasteiger partial charge is 0.165 e. The molecule has 2 aliphatic heterocycles. The number of benzene rings is 1. The van der Waals surface area contributed by atoms with Crippen molar-refractivity contribution in [2.75, 3.05) is 13.1 Å². The highest BCUT2D eigenvalue weighted by Gasteiger charge is 2.28. The van der Waals surface area contributed by atoms with Crippen LogP contribution in [-0.2, 0) is 19.5 Å². The van der Waals surface area contributed by atoms with E-state index in [4.69, 9.17) is 0 Å². The number of fused-ring (bicyclic) bond motifs is 3. The van der Waals surface area contributed by atoms with E-state index in [-0.39, 0.29) is 0 Å². The molecule has 0 unspecified atom stereocenters. The predicted octanol–water partition coefficient (Wildman–Crippen LogP) is 4.33. The number of rotatable bonds is 3. The Morgan fingerprint density at radius 3 is 2.69 bits per heavy atom. The summed E-state index contributed by atoms with van der Waals surface area (Å²) in [5, 5.41) is 11.4. The minimum absolute atomic E-state index is 0.545. The number of aromatic nitrogens is 3. The van der Waals surface area contributed by atoms with E-state index < -0.39 is 0 Å². The summed E-state index contributed by atoms with van der Waals surface area (Å²) in [4.78, 5) is 4.04. The summed E-state index contributed by atoms with van der Waals surface area (Å²) in [6.45, 7) is 4.41. The Morgan fingerprint density at radius 1 is 1.00 bits per heavy atom. The molecule has 1 fully saturated rings. The minimum atomic E-state index is 0.545. The van der Waals surface area contributed by atoms with Crippen molar-refractivity contribution in [3.63, 3.8) is 0 Å². The molecule has 5 heteroatoms. The number of piperidine rings is 1. The van der Waals surface area contributed by atoms with Crippen LogP contribution in [0.2, 0.25) is 0 Å². The first-order valence-corrected chi connectivity index (χ1v) is 10.5. The average molecular weight is 365 g/mol. The molecule has 1 saturated heterocycles. The summed E-state index contributed by atoms with van der Waals surface area (Å²) in [5.41, 5.74) is 2.72. The molecule has 4 heterocycles. The van der Waals surface area contributed by atoms with Crippen molar-refractivity contribution in [2.45, 2.75) is 44.7 Å². The van der Waals surface area contributed by atoms with Crippen LogP contribution in [0.25, 0.3) is 11.4 Å². The second-order valence-corrected chi connectivity index (χ2v) is 8.43. The third-order valence-corrected chi connectivity index (χ3v) is 6.73. The van der Waals surface area contributed by atoms with Crippen LogP contribution in [0.15, 0.2) is 41.8 Å².